The number of rotatable bonds is 48. The predicted molar refractivity (Wildman–Crippen MR) is 349 cm³/mol. The number of carbonyl (C=O) groups excluding carboxylic acids is 10. The molecule has 17 N–H and O–H groups in total. The molecule has 6 atom stereocenters. The van der Waals surface area contributed by atoms with Crippen molar-refractivity contribution in [2.75, 3.05) is 32.7 Å². The van der Waals surface area contributed by atoms with Crippen LogP contribution in [0.2, 0.25) is 0 Å². The normalized spacial score (nSPS) is 13.1. The minimum Gasteiger partial charge on any atom is -0.370 e. The summed E-state index contributed by atoms with van der Waals surface area (Å²) in [6.45, 7) is 7.57. The number of hydrogen-bond acceptors (Lipinski definition) is 13. The van der Waals surface area contributed by atoms with Crippen LogP contribution < -0.4 is 70.5 Å². The zero-order chi connectivity index (χ0) is 65.9. The van der Waals surface area contributed by atoms with Gasteiger partial charge in [-0.05, 0) is 75.5 Å². The van der Waals surface area contributed by atoms with E-state index >= 15 is 0 Å². The molecule has 0 saturated heterocycles. The molecule has 0 aliphatic rings. The molecule has 0 aliphatic heterocycles. The fraction of sp³-hybridized carbons (Fsp3) is 0.594. The van der Waals surface area contributed by atoms with Crippen LogP contribution in [-0.4, -0.2) is 145 Å². The molecule has 0 fully saturated rings. The smallest absolute Gasteiger partial charge is 0.264 e. The van der Waals surface area contributed by atoms with Crippen LogP contribution >= 0.6 is 0 Å². The molecule has 3 rings (SSSR count). The van der Waals surface area contributed by atoms with Crippen molar-refractivity contribution in [1.82, 2.24) is 58.3 Å². The molecule has 0 saturated carbocycles. The standard InChI is InChI=1S/C64H102N16O10/c1-5-7-9-10-11-12-13-14-15-16-20-34-55(82)68-37-26-38-70-57(84)43-74-73-42-56(83)69-35-24-23-32-51(77-59(86)44(3)75-60(87)50(30-8-6-2)76-45(4)81)62(89)80-54(39-46-27-18-17-19-28-46)63(90)78-52(33-25-36-71-64(66)67)61(88)79-53(58(65)85)40-47-41-72-49-31-22-21-29-48(47)49/h17-19,21-22,27-29,31,41,43-44,50-54,72-73H,5-16,20,23-26,30,32-40,42H2,1-4H3,(H2,65,85)(H,68,82)(H,69,83)(H,70,84)(H,75,87)(H,76,81)(H,77,86)(H,78,90)(H,79,88)(H,80,89)(H4,66,67,71)/b74-43+/t44-,50-,51-,52-,53-,54+/m0/s1. The lowest BCUT2D eigenvalue weighted by Crippen LogP contribution is -2.59. The van der Waals surface area contributed by atoms with E-state index in [0.717, 1.165) is 42.8 Å². The molecule has 2 aromatic carbocycles. The molecule has 0 aliphatic carbocycles. The third kappa shape index (κ3) is 32.6. The maximum Gasteiger partial charge on any atom is 0.264 e. The van der Waals surface area contributed by atoms with Crippen molar-refractivity contribution in [3.63, 3.8) is 0 Å². The summed E-state index contributed by atoms with van der Waals surface area (Å²) >= 11 is 0. The number of nitrogens with two attached hydrogens (primary N) is 3. The van der Waals surface area contributed by atoms with Gasteiger partial charge in [-0.15, -0.1) is 0 Å². The Labute approximate surface area is 530 Å². The lowest BCUT2D eigenvalue weighted by atomic mass is 10.0. The van der Waals surface area contributed by atoms with E-state index in [1.165, 1.54) is 65.2 Å². The van der Waals surface area contributed by atoms with E-state index in [4.69, 9.17) is 17.2 Å². The van der Waals surface area contributed by atoms with Crippen molar-refractivity contribution >= 4 is 82.1 Å². The quantitative estimate of drug-likeness (QED) is 0.0168. The average molecular weight is 1260 g/mol. The van der Waals surface area contributed by atoms with Gasteiger partial charge in [-0.25, -0.2) is 0 Å². The van der Waals surface area contributed by atoms with Crippen molar-refractivity contribution in [3.05, 3.63) is 71.9 Å². The third-order valence-corrected chi connectivity index (χ3v) is 14.9. The largest absolute Gasteiger partial charge is 0.370 e. The predicted octanol–water partition coefficient (Wildman–Crippen LogP) is 2.82. The van der Waals surface area contributed by atoms with Gasteiger partial charge in [0.05, 0.1) is 0 Å². The summed E-state index contributed by atoms with van der Waals surface area (Å²) in [6, 6.07) is 8.90. The van der Waals surface area contributed by atoms with Gasteiger partial charge in [-0.3, -0.25) is 52.9 Å². The van der Waals surface area contributed by atoms with E-state index in [2.05, 4.69) is 75.3 Å². The Morgan fingerprint density at radius 3 is 1.71 bits per heavy atom. The Balaban J connectivity index is 1.65. The number of aromatic nitrogens is 1. The minimum absolute atomic E-state index is 0.00159. The van der Waals surface area contributed by atoms with Crippen LogP contribution in [-0.2, 0) is 60.8 Å². The zero-order valence-electron chi connectivity index (χ0n) is 53.3. The van der Waals surface area contributed by atoms with Gasteiger partial charge in [0.25, 0.3) is 5.91 Å². The summed E-state index contributed by atoms with van der Waals surface area (Å²) in [5, 5.41) is 29.1. The Morgan fingerprint density at radius 1 is 0.522 bits per heavy atom. The van der Waals surface area contributed by atoms with E-state index < -0.39 is 89.4 Å². The second-order valence-electron chi connectivity index (χ2n) is 22.7. The molecule has 0 spiro atoms. The highest BCUT2D eigenvalue weighted by Crippen LogP contribution is 2.20. The summed E-state index contributed by atoms with van der Waals surface area (Å²) in [6.07, 6.45) is 19.5. The minimum atomic E-state index is -1.35. The fourth-order valence-electron chi connectivity index (χ4n) is 9.86. The number of nitrogens with zero attached hydrogens (tertiary/aromatic N) is 2. The number of para-hydroxylation sites is 1. The molecule has 90 heavy (non-hydrogen) atoms. The van der Waals surface area contributed by atoms with Gasteiger partial charge in [-0.2, -0.15) is 5.10 Å². The number of carbonyl (C=O) groups is 10. The molecule has 3 aromatic rings. The van der Waals surface area contributed by atoms with Crippen molar-refractivity contribution in [3.8, 4) is 0 Å². The Bertz CT molecular complexity index is 2750. The summed E-state index contributed by atoms with van der Waals surface area (Å²) in [7, 11) is 0. The van der Waals surface area contributed by atoms with E-state index in [-0.39, 0.29) is 70.0 Å². The highest BCUT2D eigenvalue weighted by atomic mass is 16.2. The zero-order valence-corrected chi connectivity index (χ0v) is 53.3. The highest BCUT2D eigenvalue weighted by molar-refractivity contribution is 6.26. The highest BCUT2D eigenvalue weighted by Gasteiger charge is 2.33. The van der Waals surface area contributed by atoms with Crippen molar-refractivity contribution in [2.24, 2.45) is 27.3 Å². The van der Waals surface area contributed by atoms with Gasteiger partial charge < -0.3 is 75.5 Å². The van der Waals surface area contributed by atoms with Crippen LogP contribution in [0.3, 0.4) is 0 Å². The number of H-pyrrole nitrogens is 1. The van der Waals surface area contributed by atoms with E-state index in [9.17, 15) is 47.9 Å². The maximum absolute atomic E-state index is 14.6. The van der Waals surface area contributed by atoms with Crippen LogP contribution in [0, 0.1) is 0 Å². The number of aromatic amines is 1. The summed E-state index contributed by atoms with van der Waals surface area (Å²) in [5.74, 6) is -6.03. The average Bonchev–Trinajstić information content (AvgIpc) is 2.11. The van der Waals surface area contributed by atoms with Crippen molar-refractivity contribution in [2.45, 2.75) is 212 Å². The number of benzene rings is 2. The first-order valence-corrected chi connectivity index (χ1v) is 32.1. The lowest BCUT2D eigenvalue weighted by Gasteiger charge is -2.27. The Hall–Kier alpha value is -8.58. The van der Waals surface area contributed by atoms with Gasteiger partial charge in [0.1, 0.15) is 49.0 Å². The molecule has 26 nitrogen and oxygen atoms in total. The number of unbranched alkanes of at least 4 members (excludes halogenated alkanes) is 12. The molecular formula is C64H102N16O10. The van der Waals surface area contributed by atoms with Crippen LogP contribution in [0.15, 0.2) is 70.9 Å². The molecule has 498 valence electrons. The summed E-state index contributed by atoms with van der Waals surface area (Å²) in [4.78, 5) is 140. The summed E-state index contributed by atoms with van der Waals surface area (Å²) < 4.78 is 0. The number of amides is 10. The van der Waals surface area contributed by atoms with Crippen molar-refractivity contribution in [1.29, 1.82) is 0 Å². The number of nitrogens with one attached hydrogen (secondary N) is 11. The first-order chi connectivity index (χ1) is 43.3. The molecule has 1 heterocycles. The van der Waals surface area contributed by atoms with Crippen LogP contribution in [0.1, 0.15) is 174 Å². The van der Waals surface area contributed by atoms with Crippen LogP contribution in [0.4, 0.5) is 0 Å². The van der Waals surface area contributed by atoms with Crippen LogP contribution in [0.25, 0.3) is 10.9 Å². The molecule has 1 aromatic heterocycles. The SMILES string of the molecule is CCCCCCCCCCCCCC(=O)NCCCNC(=O)/C=N/NCC(=O)NCCCC[C@H](NC(=O)[C@H](C)NC(=O)[C@H](CCCC)NC(C)=O)C(=O)N[C@H](Cc1ccccc1)C(=O)N[C@@H](CCCN=C(N)N)C(=O)N[C@@H](Cc1c[nH]c2ccccc12)C(N)=O. The number of fused-ring (bicyclic) bond motifs is 1. The second kappa shape index (κ2) is 44.8. The van der Waals surface area contributed by atoms with E-state index in [0.29, 0.717) is 56.3 Å². The van der Waals surface area contributed by atoms with Gasteiger partial charge in [0.15, 0.2) is 5.96 Å². The number of aliphatic imine (C=N–C) groups is 1. The lowest BCUT2D eigenvalue weighted by molar-refractivity contribution is -0.135. The number of primary amides is 1. The van der Waals surface area contributed by atoms with Crippen LogP contribution in [0.5, 0.6) is 0 Å². The van der Waals surface area contributed by atoms with Gasteiger partial charge in [0, 0.05) is 69.5 Å². The maximum atomic E-state index is 14.6. The Kier molecular flexibility index (Phi) is 37.7. The number of guanidine groups is 1. The molecule has 0 radical (unpaired) electrons. The first kappa shape index (κ1) is 75.7. The Morgan fingerprint density at radius 2 is 1.06 bits per heavy atom. The molecule has 0 bridgehead atoms. The topological polar surface area (TPSA) is 410 Å². The van der Waals surface area contributed by atoms with E-state index in [1.54, 1.807) is 36.5 Å². The van der Waals surface area contributed by atoms with E-state index in [1.807, 2.05) is 31.2 Å². The number of hydrazone groups is 1. The molecular weight excluding hydrogens is 1150 g/mol. The molecule has 26 heteroatoms. The summed E-state index contributed by atoms with van der Waals surface area (Å²) in [5.41, 5.74) is 21.6. The first-order valence-electron chi connectivity index (χ1n) is 32.1. The van der Waals surface area contributed by atoms with Gasteiger partial charge >= 0.3 is 0 Å². The fourth-order valence-corrected chi connectivity index (χ4v) is 9.86. The molecule has 10 amide bonds. The number of hydrogen-bond donors (Lipinski definition) is 14. The van der Waals surface area contributed by atoms with Crippen molar-refractivity contribution < 1.29 is 47.9 Å². The third-order valence-electron chi connectivity index (χ3n) is 14.9. The van der Waals surface area contributed by atoms with Gasteiger partial charge in [-0.1, -0.05) is 139 Å². The second-order valence-corrected chi connectivity index (χ2v) is 22.7. The molecule has 0 unspecified atom stereocenters. The van der Waals surface area contributed by atoms with Gasteiger partial charge in [0.2, 0.25) is 53.2 Å². The monoisotopic (exact) mass is 1250 g/mol.